The molecule has 0 spiro atoms. The van der Waals surface area contributed by atoms with Crippen molar-refractivity contribution in [2.45, 2.75) is 19.3 Å². The van der Waals surface area contributed by atoms with Gasteiger partial charge in [-0.25, -0.2) is 15.0 Å². The lowest BCUT2D eigenvalue weighted by Gasteiger charge is -2.28. The number of hydrogen-bond donors (Lipinski definition) is 0. The molecule has 252 valence electrons. The van der Waals surface area contributed by atoms with Crippen molar-refractivity contribution >= 4 is 39.2 Å². The van der Waals surface area contributed by atoms with Gasteiger partial charge in [-0.2, -0.15) is 0 Å². The van der Waals surface area contributed by atoms with Gasteiger partial charge in [-0.3, -0.25) is 0 Å². The third-order valence-electron chi connectivity index (χ3n) is 10.5. The van der Waals surface area contributed by atoms with Gasteiger partial charge >= 0.3 is 0 Å². The van der Waals surface area contributed by atoms with E-state index in [2.05, 4.69) is 122 Å². The van der Waals surface area contributed by atoms with E-state index in [9.17, 15) is 0 Å². The third kappa shape index (κ3) is 5.20. The van der Waals surface area contributed by atoms with E-state index in [4.69, 9.17) is 19.4 Å². The molecule has 1 aliphatic carbocycles. The lowest BCUT2D eigenvalue weighted by molar-refractivity contribution is 0.618. The summed E-state index contributed by atoms with van der Waals surface area (Å²) >= 11 is 0. The standard InChI is InChI=1S/C48H34N4O/c1-48(2)39-29-33(47-51-43-19-11-12-20-44(43)53-47)23-27-37(39)38-28-26-36(30-40(38)48)52(34-15-7-4-8-16-34)35-24-21-32(22-25-35)46-45(31-13-5-3-6-14-31)49-41-17-9-10-18-42(41)50-46/h3-30H,1-2H3. The molecule has 53 heavy (non-hydrogen) atoms. The molecule has 5 nitrogen and oxygen atoms in total. The predicted molar refractivity (Wildman–Crippen MR) is 216 cm³/mol. The van der Waals surface area contributed by atoms with Gasteiger partial charge in [0.25, 0.3) is 0 Å². The fraction of sp³-hybridized carbons (Fsp3) is 0.0625. The molecule has 0 saturated carbocycles. The molecule has 0 bridgehead atoms. The van der Waals surface area contributed by atoms with Gasteiger partial charge in [0.05, 0.1) is 22.4 Å². The van der Waals surface area contributed by atoms with E-state index < -0.39 is 0 Å². The number of nitrogens with zero attached hydrogens (tertiary/aromatic N) is 4. The van der Waals surface area contributed by atoms with Gasteiger partial charge in [0, 0.05) is 39.2 Å². The zero-order valence-electron chi connectivity index (χ0n) is 29.4. The summed E-state index contributed by atoms with van der Waals surface area (Å²) < 4.78 is 6.17. The number of para-hydroxylation sites is 5. The highest BCUT2D eigenvalue weighted by atomic mass is 16.3. The monoisotopic (exact) mass is 682 g/mol. The van der Waals surface area contributed by atoms with Crippen molar-refractivity contribution in [1.29, 1.82) is 0 Å². The molecule has 7 aromatic carbocycles. The Labute approximate surface area is 307 Å². The molecule has 0 atom stereocenters. The van der Waals surface area contributed by atoms with Crippen LogP contribution in [0.1, 0.15) is 25.0 Å². The van der Waals surface area contributed by atoms with Crippen LogP contribution in [0.15, 0.2) is 174 Å². The topological polar surface area (TPSA) is 55.1 Å². The first-order valence-corrected chi connectivity index (χ1v) is 17.9. The van der Waals surface area contributed by atoms with E-state index in [-0.39, 0.29) is 5.41 Å². The Morgan fingerprint density at radius 3 is 1.62 bits per heavy atom. The molecular formula is C48H34N4O. The second-order valence-electron chi connectivity index (χ2n) is 14.1. The Kier molecular flexibility index (Phi) is 7.08. The summed E-state index contributed by atoms with van der Waals surface area (Å²) in [7, 11) is 0. The molecule has 0 aliphatic heterocycles. The zero-order valence-corrected chi connectivity index (χ0v) is 29.4. The number of oxazole rings is 1. The van der Waals surface area contributed by atoms with E-state index in [1.54, 1.807) is 0 Å². The average molecular weight is 683 g/mol. The SMILES string of the molecule is CC1(C)c2cc(-c3nc4ccccc4o3)ccc2-c2ccc(N(c3ccccc3)c3ccc(-c4nc5ccccc5nc4-c4ccccc4)cc3)cc21. The summed E-state index contributed by atoms with van der Waals surface area (Å²) in [6.07, 6.45) is 0. The molecule has 1 aliphatic rings. The maximum absolute atomic E-state index is 6.17. The number of anilines is 3. The van der Waals surface area contributed by atoms with Crippen LogP contribution in [-0.2, 0) is 5.41 Å². The van der Waals surface area contributed by atoms with Crippen LogP contribution in [0.2, 0.25) is 0 Å². The smallest absolute Gasteiger partial charge is 0.227 e. The maximum Gasteiger partial charge on any atom is 0.227 e. The minimum absolute atomic E-state index is 0.239. The maximum atomic E-state index is 6.17. The first-order valence-electron chi connectivity index (χ1n) is 17.9. The van der Waals surface area contributed by atoms with Crippen molar-refractivity contribution in [2.75, 3.05) is 4.90 Å². The molecule has 0 N–H and O–H groups in total. The number of benzene rings is 7. The fourth-order valence-electron chi connectivity index (χ4n) is 7.78. The molecule has 0 unspecified atom stereocenters. The highest BCUT2D eigenvalue weighted by Gasteiger charge is 2.36. The van der Waals surface area contributed by atoms with Crippen LogP contribution >= 0.6 is 0 Å². The molecule has 2 heterocycles. The molecule has 5 heteroatoms. The summed E-state index contributed by atoms with van der Waals surface area (Å²) in [5.41, 5.74) is 16.3. The van der Waals surface area contributed by atoms with Crippen LogP contribution < -0.4 is 4.90 Å². The Hall–Kier alpha value is -6.85. The van der Waals surface area contributed by atoms with Gasteiger partial charge in [-0.15, -0.1) is 0 Å². The summed E-state index contributed by atoms with van der Waals surface area (Å²) in [4.78, 5) is 17.3. The average Bonchev–Trinajstić information content (AvgIpc) is 3.75. The van der Waals surface area contributed by atoms with Gasteiger partial charge in [-0.1, -0.05) is 111 Å². The summed E-state index contributed by atoms with van der Waals surface area (Å²) in [6, 6.07) is 59.0. The highest BCUT2D eigenvalue weighted by Crippen LogP contribution is 2.51. The van der Waals surface area contributed by atoms with Crippen LogP contribution in [0.3, 0.4) is 0 Å². The van der Waals surface area contributed by atoms with Gasteiger partial charge in [-0.05, 0) is 95.1 Å². The van der Waals surface area contributed by atoms with E-state index in [1.165, 1.54) is 22.3 Å². The van der Waals surface area contributed by atoms with Gasteiger partial charge in [0.1, 0.15) is 5.52 Å². The van der Waals surface area contributed by atoms with E-state index in [0.29, 0.717) is 5.89 Å². The molecule has 0 saturated heterocycles. The fourth-order valence-corrected chi connectivity index (χ4v) is 7.78. The molecule has 2 aromatic heterocycles. The predicted octanol–water partition coefficient (Wildman–Crippen LogP) is 12.5. The van der Waals surface area contributed by atoms with Gasteiger partial charge < -0.3 is 9.32 Å². The first-order chi connectivity index (χ1) is 26.0. The molecular weight excluding hydrogens is 649 g/mol. The number of aromatic nitrogens is 3. The Morgan fingerprint density at radius 1 is 0.434 bits per heavy atom. The number of rotatable bonds is 6. The molecule has 9 aromatic rings. The van der Waals surface area contributed by atoms with E-state index in [0.717, 1.165) is 67.3 Å². The molecule has 0 amide bonds. The van der Waals surface area contributed by atoms with Crippen molar-refractivity contribution in [3.05, 3.63) is 181 Å². The first kappa shape index (κ1) is 30.9. The van der Waals surface area contributed by atoms with Gasteiger partial charge in [0.15, 0.2) is 5.58 Å². The van der Waals surface area contributed by atoms with Crippen LogP contribution in [-0.4, -0.2) is 15.0 Å². The van der Waals surface area contributed by atoms with E-state index >= 15 is 0 Å². The van der Waals surface area contributed by atoms with E-state index in [1.807, 2.05) is 66.7 Å². The summed E-state index contributed by atoms with van der Waals surface area (Å²) in [5, 5.41) is 0. The Bertz CT molecular complexity index is 2770. The second-order valence-corrected chi connectivity index (χ2v) is 14.1. The molecule has 10 rings (SSSR count). The quantitative estimate of drug-likeness (QED) is 0.175. The minimum atomic E-state index is -0.239. The highest BCUT2D eigenvalue weighted by molar-refractivity contribution is 5.89. The van der Waals surface area contributed by atoms with Crippen molar-refractivity contribution in [2.24, 2.45) is 0 Å². The Balaban J connectivity index is 1.05. The van der Waals surface area contributed by atoms with Crippen LogP contribution in [0.25, 0.3) is 67.2 Å². The van der Waals surface area contributed by atoms with Crippen molar-refractivity contribution in [3.63, 3.8) is 0 Å². The third-order valence-corrected chi connectivity index (χ3v) is 10.5. The summed E-state index contributed by atoms with van der Waals surface area (Å²) in [5.74, 6) is 0.644. The summed E-state index contributed by atoms with van der Waals surface area (Å²) in [6.45, 7) is 4.63. The molecule has 0 radical (unpaired) electrons. The van der Waals surface area contributed by atoms with Crippen LogP contribution in [0.4, 0.5) is 17.1 Å². The largest absolute Gasteiger partial charge is 0.436 e. The van der Waals surface area contributed by atoms with Gasteiger partial charge in [0.2, 0.25) is 5.89 Å². The number of fused-ring (bicyclic) bond motifs is 5. The second kappa shape index (κ2) is 12.1. The van der Waals surface area contributed by atoms with Crippen molar-refractivity contribution in [1.82, 2.24) is 15.0 Å². The van der Waals surface area contributed by atoms with Crippen molar-refractivity contribution < 1.29 is 4.42 Å². The lowest BCUT2D eigenvalue weighted by Crippen LogP contribution is -2.16. The van der Waals surface area contributed by atoms with Crippen LogP contribution in [0, 0.1) is 0 Å². The van der Waals surface area contributed by atoms with Crippen molar-refractivity contribution in [3.8, 4) is 45.1 Å². The number of hydrogen-bond acceptors (Lipinski definition) is 5. The van der Waals surface area contributed by atoms with Crippen LogP contribution in [0.5, 0.6) is 0 Å². The minimum Gasteiger partial charge on any atom is -0.436 e. The normalized spacial score (nSPS) is 12.9. The Morgan fingerprint density at radius 2 is 0.943 bits per heavy atom. The lowest BCUT2D eigenvalue weighted by atomic mass is 9.81. The molecule has 0 fully saturated rings. The zero-order chi connectivity index (χ0) is 35.5.